The molecule has 3 aromatic rings. The van der Waals surface area contributed by atoms with E-state index in [4.69, 9.17) is 10.5 Å². The minimum Gasteiger partial charge on any atom is -0.449 e. The van der Waals surface area contributed by atoms with Crippen LogP contribution in [0.5, 0.6) is 0 Å². The Kier molecular flexibility index (Phi) is 6.38. The van der Waals surface area contributed by atoms with Crippen LogP contribution < -0.4 is 11.1 Å². The van der Waals surface area contributed by atoms with E-state index in [1.54, 1.807) is 47.8 Å². The molecule has 152 valence electrons. The first kappa shape index (κ1) is 20.9. The molecule has 0 fully saturated rings. The lowest BCUT2D eigenvalue weighted by Gasteiger charge is -2.15. The van der Waals surface area contributed by atoms with Crippen molar-refractivity contribution in [1.29, 1.82) is 0 Å². The zero-order valence-corrected chi connectivity index (χ0v) is 16.8. The molecule has 0 aliphatic heterocycles. The summed E-state index contributed by atoms with van der Waals surface area (Å²) in [5, 5.41) is 4.41. The number of hydrogen-bond acceptors (Lipinski definition) is 6. The average Bonchev–Trinajstić information content (AvgIpc) is 3.22. The predicted molar refractivity (Wildman–Crippen MR) is 113 cm³/mol. The molecule has 1 heterocycles. The highest BCUT2D eigenvalue weighted by Gasteiger charge is 2.24. The standard InChI is InChI=1S/C22H18N2O5S/c1-13(20(27)24-21-17(19(23)26)11-12-30-21)29-22(28)16-10-6-5-9-15(16)18(25)14-7-3-2-4-8-14/h2-13H,1H3,(H2,23,26)(H,24,27). The SMILES string of the molecule is CC(OC(=O)c1ccccc1C(=O)c1ccccc1)C(=O)Nc1sccc1C(N)=O. The molecule has 0 aliphatic rings. The number of primary amides is 1. The van der Waals surface area contributed by atoms with Gasteiger partial charge in [-0.1, -0.05) is 48.5 Å². The number of nitrogens with one attached hydrogen (secondary N) is 1. The van der Waals surface area contributed by atoms with Gasteiger partial charge in [0.2, 0.25) is 0 Å². The lowest BCUT2D eigenvalue weighted by molar-refractivity contribution is -0.123. The first-order valence-electron chi connectivity index (χ1n) is 8.96. The average molecular weight is 422 g/mol. The van der Waals surface area contributed by atoms with Crippen molar-refractivity contribution in [2.75, 3.05) is 5.32 Å². The largest absolute Gasteiger partial charge is 0.449 e. The van der Waals surface area contributed by atoms with E-state index in [0.717, 1.165) is 11.3 Å². The molecule has 0 saturated heterocycles. The highest BCUT2D eigenvalue weighted by Crippen LogP contribution is 2.23. The van der Waals surface area contributed by atoms with Gasteiger partial charge in [-0.25, -0.2) is 4.79 Å². The monoisotopic (exact) mass is 422 g/mol. The van der Waals surface area contributed by atoms with E-state index < -0.39 is 23.9 Å². The molecule has 0 radical (unpaired) electrons. The second kappa shape index (κ2) is 9.15. The van der Waals surface area contributed by atoms with Crippen LogP contribution in [0.25, 0.3) is 0 Å². The number of ether oxygens (including phenoxy) is 1. The van der Waals surface area contributed by atoms with Crippen molar-refractivity contribution in [2.24, 2.45) is 5.73 Å². The fourth-order valence-electron chi connectivity index (χ4n) is 2.70. The van der Waals surface area contributed by atoms with Gasteiger partial charge < -0.3 is 15.8 Å². The number of benzene rings is 2. The Bertz CT molecular complexity index is 1110. The third-order valence-electron chi connectivity index (χ3n) is 4.25. The third kappa shape index (κ3) is 4.61. The van der Waals surface area contributed by atoms with Crippen LogP contribution in [0.1, 0.15) is 43.6 Å². The Hall–Kier alpha value is -3.78. The zero-order chi connectivity index (χ0) is 21.7. The van der Waals surface area contributed by atoms with E-state index in [2.05, 4.69) is 5.32 Å². The Morgan fingerprint density at radius 1 is 0.900 bits per heavy atom. The van der Waals surface area contributed by atoms with Gasteiger partial charge in [-0.3, -0.25) is 14.4 Å². The number of esters is 1. The number of hydrogen-bond donors (Lipinski definition) is 2. The number of amides is 2. The molecule has 8 heteroatoms. The Balaban J connectivity index is 1.74. The van der Waals surface area contributed by atoms with Crippen LogP contribution in [0.2, 0.25) is 0 Å². The maximum absolute atomic E-state index is 12.8. The first-order chi connectivity index (χ1) is 14.4. The van der Waals surface area contributed by atoms with Crippen LogP contribution in [0.15, 0.2) is 66.0 Å². The van der Waals surface area contributed by atoms with Crippen molar-refractivity contribution >= 4 is 39.9 Å². The normalized spacial score (nSPS) is 11.4. The second-order valence-corrected chi connectivity index (χ2v) is 7.22. The first-order valence-corrected chi connectivity index (χ1v) is 9.84. The number of ketones is 1. The van der Waals surface area contributed by atoms with E-state index in [-0.39, 0.29) is 27.5 Å². The summed E-state index contributed by atoms with van der Waals surface area (Å²) in [6.07, 6.45) is -1.17. The van der Waals surface area contributed by atoms with Gasteiger partial charge in [0.05, 0.1) is 11.1 Å². The fraction of sp³-hybridized carbons (Fsp3) is 0.0909. The number of rotatable bonds is 7. The van der Waals surface area contributed by atoms with E-state index >= 15 is 0 Å². The smallest absolute Gasteiger partial charge is 0.339 e. The van der Waals surface area contributed by atoms with Gasteiger partial charge in [0.15, 0.2) is 11.9 Å². The predicted octanol–water partition coefficient (Wildman–Crippen LogP) is 3.26. The van der Waals surface area contributed by atoms with Crippen LogP contribution in [0.3, 0.4) is 0 Å². The van der Waals surface area contributed by atoms with Crippen molar-refractivity contribution in [3.63, 3.8) is 0 Å². The quantitative estimate of drug-likeness (QED) is 0.448. The maximum atomic E-state index is 12.8. The number of carbonyl (C=O) groups is 4. The van der Waals surface area contributed by atoms with Crippen molar-refractivity contribution in [3.05, 3.63) is 88.3 Å². The van der Waals surface area contributed by atoms with E-state index in [0.29, 0.717) is 5.56 Å². The van der Waals surface area contributed by atoms with E-state index in [9.17, 15) is 19.2 Å². The summed E-state index contributed by atoms with van der Waals surface area (Å²) >= 11 is 1.12. The molecule has 3 N–H and O–H groups in total. The van der Waals surface area contributed by atoms with Crippen molar-refractivity contribution < 1.29 is 23.9 Å². The molecule has 2 amide bonds. The number of nitrogens with two attached hydrogens (primary N) is 1. The Morgan fingerprint density at radius 2 is 1.53 bits per heavy atom. The summed E-state index contributed by atoms with van der Waals surface area (Å²) in [5.41, 5.74) is 6.09. The van der Waals surface area contributed by atoms with Crippen molar-refractivity contribution in [2.45, 2.75) is 13.0 Å². The summed E-state index contributed by atoms with van der Waals surface area (Å²) in [6, 6.07) is 16.3. The molecule has 0 saturated carbocycles. The van der Waals surface area contributed by atoms with Crippen LogP contribution in [-0.4, -0.2) is 29.7 Å². The van der Waals surface area contributed by atoms with Gasteiger partial charge in [0.1, 0.15) is 5.00 Å². The van der Waals surface area contributed by atoms with Crippen LogP contribution in [-0.2, 0) is 9.53 Å². The topological polar surface area (TPSA) is 116 Å². The molecule has 30 heavy (non-hydrogen) atoms. The molecule has 1 unspecified atom stereocenters. The molecule has 7 nitrogen and oxygen atoms in total. The summed E-state index contributed by atoms with van der Waals surface area (Å²) < 4.78 is 5.26. The van der Waals surface area contributed by atoms with Gasteiger partial charge >= 0.3 is 5.97 Å². The summed E-state index contributed by atoms with van der Waals surface area (Å²) in [5.74, 6) is -2.44. The molecular formula is C22H18N2O5S. The molecule has 0 bridgehead atoms. The Labute approximate surface area is 176 Å². The number of thiophene rings is 1. The molecule has 1 atom stereocenters. The molecule has 0 spiro atoms. The number of anilines is 1. The molecule has 3 rings (SSSR count). The summed E-state index contributed by atoms with van der Waals surface area (Å²) in [7, 11) is 0. The zero-order valence-electron chi connectivity index (χ0n) is 16.0. The highest BCUT2D eigenvalue weighted by atomic mass is 32.1. The van der Waals surface area contributed by atoms with Crippen LogP contribution >= 0.6 is 11.3 Å². The molecule has 0 aliphatic carbocycles. The Morgan fingerprint density at radius 3 is 2.20 bits per heavy atom. The maximum Gasteiger partial charge on any atom is 0.339 e. The second-order valence-electron chi connectivity index (χ2n) is 6.31. The summed E-state index contributed by atoms with van der Waals surface area (Å²) in [6.45, 7) is 1.40. The van der Waals surface area contributed by atoms with Crippen molar-refractivity contribution in [3.8, 4) is 0 Å². The minimum absolute atomic E-state index is 0.0555. The summed E-state index contributed by atoms with van der Waals surface area (Å²) in [4.78, 5) is 49.2. The molecule has 2 aromatic carbocycles. The lowest BCUT2D eigenvalue weighted by Crippen LogP contribution is -2.31. The van der Waals surface area contributed by atoms with E-state index in [1.807, 2.05) is 0 Å². The minimum atomic E-state index is -1.17. The third-order valence-corrected chi connectivity index (χ3v) is 5.08. The van der Waals surface area contributed by atoms with Crippen LogP contribution in [0, 0.1) is 0 Å². The van der Waals surface area contributed by atoms with Crippen molar-refractivity contribution in [1.82, 2.24) is 0 Å². The van der Waals surface area contributed by atoms with Crippen LogP contribution in [0.4, 0.5) is 5.00 Å². The fourth-order valence-corrected chi connectivity index (χ4v) is 3.49. The van der Waals surface area contributed by atoms with Gasteiger partial charge in [-0.2, -0.15) is 0 Å². The van der Waals surface area contributed by atoms with Gasteiger partial charge in [0, 0.05) is 11.1 Å². The van der Waals surface area contributed by atoms with E-state index in [1.165, 1.54) is 25.1 Å². The molecular weight excluding hydrogens is 404 g/mol. The van der Waals surface area contributed by atoms with Gasteiger partial charge in [-0.15, -0.1) is 11.3 Å². The lowest BCUT2D eigenvalue weighted by atomic mass is 9.98. The number of carbonyl (C=O) groups excluding carboxylic acids is 4. The van der Waals surface area contributed by atoms with Gasteiger partial charge in [0.25, 0.3) is 11.8 Å². The molecule has 1 aromatic heterocycles. The van der Waals surface area contributed by atoms with Gasteiger partial charge in [-0.05, 0) is 24.4 Å². The highest BCUT2D eigenvalue weighted by molar-refractivity contribution is 7.14.